The number of nitrogens with two attached hydrogens (primary N) is 1. The minimum atomic E-state index is 0.151. The van der Waals surface area contributed by atoms with Gasteiger partial charge in [-0.15, -0.1) is 0 Å². The zero-order valence-electron chi connectivity index (χ0n) is 14.1. The number of hydrogen-bond acceptors (Lipinski definition) is 3. The third-order valence-corrected chi connectivity index (χ3v) is 3.75. The monoisotopic (exact) mass is 285 g/mol. The van der Waals surface area contributed by atoms with Crippen molar-refractivity contribution in [3.05, 3.63) is 0 Å². The molecule has 0 rings (SSSR count). The normalized spacial score (nSPS) is 13.2. The lowest BCUT2D eigenvalue weighted by Gasteiger charge is -2.20. The maximum atomic E-state index is 11.8. The Morgan fingerprint density at radius 2 is 1.85 bits per heavy atom. The van der Waals surface area contributed by atoms with Crippen molar-refractivity contribution >= 4 is 5.91 Å². The van der Waals surface area contributed by atoms with E-state index in [1.165, 1.54) is 0 Å². The van der Waals surface area contributed by atoms with Crippen LogP contribution in [-0.2, 0) is 4.79 Å². The van der Waals surface area contributed by atoms with Gasteiger partial charge in [0.25, 0.3) is 0 Å². The Morgan fingerprint density at radius 3 is 2.35 bits per heavy atom. The number of carbonyl (C=O) groups is 1. The summed E-state index contributed by atoms with van der Waals surface area (Å²) in [6.45, 7) is 11.2. The first-order valence-corrected chi connectivity index (χ1v) is 8.03. The molecule has 0 bridgehead atoms. The summed E-state index contributed by atoms with van der Waals surface area (Å²) in [5, 5.41) is 3.01. The lowest BCUT2D eigenvalue weighted by Crippen LogP contribution is -2.31. The maximum absolute atomic E-state index is 11.8. The van der Waals surface area contributed by atoms with Crippen LogP contribution in [0.15, 0.2) is 0 Å². The van der Waals surface area contributed by atoms with Gasteiger partial charge in [0.1, 0.15) is 0 Å². The zero-order valence-corrected chi connectivity index (χ0v) is 14.1. The Hall–Kier alpha value is -0.610. The molecule has 0 saturated heterocycles. The van der Waals surface area contributed by atoms with Crippen molar-refractivity contribution in [3.63, 3.8) is 0 Å². The van der Waals surface area contributed by atoms with Crippen LogP contribution in [-0.4, -0.2) is 43.5 Å². The molecule has 4 heteroatoms. The van der Waals surface area contributed by atoms with Crippen LogP contribution in [0.2, 0.25) is 0 Å². The van der Waals surface area contributed by atoms with Gasteiger partial charge >= 0.3 is 0 Å². The van der Waals surface area contributed by atoms with Crippen LogP contribution < -0.4 is 11.1 Å². The van der Waals surface area contributed by atoms with Crippen molar-refractivity contribution in [2.45, 2.75) is 59.4 Å². The fraction of sp³-hybridized carbons (Fsp3) is 0.938. The van der Waals surface area contributed by atoms with E-state index in [0.29, 0.717) is 30.8 Å². The van der Waals surface area contributed by atoms with Crippen LogP contribution >= 0.6 is 0 Å². The number of unbranched alkanes of at least 4 members (excludes halogenated alkanes) is 1. The van der Waals surface area contributed by atoms with Crippen molar-refractivity contribution in [2.75, 3.05) is 26.7 Å². The Labute approximate surface area is 125 Å². The first-order valence-electron chi connectivity index (χ1n) is 8.03. The summed E-state index contributed by atoms with van der Waals surface area (Å²) >= 11 is 0. The Kier molecular flexibility index (Phi) is 10.8. The van der Waals surface area contributed by atoms with E-state index in [4.69, 9.17) is 5.73 Å². The molecule has 0 aliphatic rings. The highest BCUT2D eigenvalue weighted by atomic mass is 16.1. The molecule has 0 saturated carbocycles. The topological polar surface area (TPSA) is 58.4 Å². The van der Waals surface area contributed by atoms with Gasteiger partial charge in [0, 0.05) is 19.0 Å². The van der Waals surface area contributed by atoms with Crippen molar-refractivity contribution in [2.24, 2.45) is 17.6 Å². The molecule has 0 fully saturated rings. The van der Waals surface area contributed by atoms with Gasteiger partial charge in [-0.25, -0.2) is 0 Å². The van der Waals surface area contributed by atoms with Gasteiger partial charge in [-0.05, 0) is 65.1 Å². The van der Waals surface area contributed by atoms with Crippen molar-refractivity contribution in [1.82, 2.24) is 10.2 Å². The van der Waals surface area contributed by atoms with Gasteiger partial charge in [-0.3, -0.25) is 4.79 Å². The summed E-state index contributed by atoms with van der Waals surface area (Å²) in [4.78, 5) is 14.2. The molecule has 0 aliphatic carbocycles. The van der Waals surface area contributed by atoms with Crippen LogP contribution in [0.1, 0.15) is 53.4 Å². The fourth-order valence-corrected chi connectivity index (χ4v) is 2.24. The second-order valence-corrected chi connectivity index (χ2v) is 6.57. The Balaban J connectivity index is 3.67. The average molecular weight is 285 g/mol. The Morgan fingerprint density at radius 1 is 1.20 bits per heavy atom. The van der Waals surface area contributed by atoms with E-state index in [0.717, 1.165) is 32.4 Å². The molecule has 0 unspecified atom stereocenters. The maximum Gasteiger partial charge on any atom is 0.220 e. The minimum absolute atomic E-state index is 0.151. The van der Waals surface area contributed by atoms with Crippen molar-refractivity contribution < 1.29 is 4.79 Å². The van der Waals surface area contributed by atoms with E-state index in [9.17, 15) is 4.79 Å². The molecule has 1 amide bonds. The summed E-state index contributed by atoms with van der Waals surface area (Å²) in [6, 6.07) is 0.589. The summed E-state index contributed by atoms with van der Waals surface area (Å²) in [7, 11) is 2.14. The van der Waals surface area contributed by atoms with E-state index < -0.39 is 0 Å². The highest BCUT2D eigenvalue weighted by Gasteiger charge is 2.13. The van der Waals surface area contributed by atoms with E-state index in [1.54, 1.807) is 0 Å². The van der Waals surface area contributed by atoms with Gasteiger partial charge in [-0.2, -0.15) is 0 Å². The van der Waals surface area contributed by atoms with Crippen LogP contribution in [0.5, 0.6) is 0 Å². The molecule has 0 aromatic carbocycles. The number of carbonyl (C=O) groups excluding carboxylic acids is 1. The quantitative estimate of drug-likeness (QED) is 0.572. The SMILES string of the molecule is CC(C)C[C@H](CN)CC(=O)NCCCCN(C)C(C)C. The summed E-state index contributed by atoms with van der Waals surface area (Å²) in [6.07, 6.45) is 3.77. The van der Waals surface area contributed by atoms with Crippen LogP contribution in [0.25, 0.3) is 0 Å². The third kappa shape index (κ3) is 10.2. The largest absolute Gasteiger partial charge is 0.356 e. The van der Waals surface area contributed by atoms with Crippen LogP contribution in [0, 0.1) is 11.8 Å². The number of nitrogens with zero attached hydrogens (tertiary/aromatic N) is 1. The van der Waals surface area contributed by atoms with Gasteiger partial charge in [0.2, 0.25) is 5.91 Å². The standard InChI is InChI=1S/C16H35N3O/c1-13(2)10-15(12-17)11-16(20)18-8-6-7-9-19(5)14(3)4/h13-15H,6-12,17H2,1-5H3,(H,18,20)/t15-/m0/s1. The average Bonchev–Trinajstić information content (AvgIpc) is 2.36. The van der Waals surface area contributed by atoms with Gasteiger partial charge in [0.15, 0.2) is 0 Å². The van der Waals surface area contributed by atoms with Crippen LogP contribution in [0.3, 0.4) is 0 Å². The third-order valence-electron chi connectivity index (χ3n) is 3.75. The second kappa shape index (κ2) is 11.1. The highest BCUT2D eigenvalue weighted by molar-refractivity contribution is 5.76. The molecule has 120 valence electrons. The molecular weight excluding hydrogens is 250 g/mol. The Bertz CT molecular complexity index is 254. The molecule has 20 heavy (non-hydrogen) atoms. The summed E-state index contributed by atoms with van der Waals surface area (Å²) < 4.78 is 0. The van der Waals surface area contributed by atoms with E-state index >= 15 is 0 Å². The molecule has 1 atom stereocenters. The van der Waals surface area contributed by atoms with Crippen LogP contribution in [0.4, 0.5) is 0 Å². The second-order valence-electron chi connectivity index (χ2n) is 6.57. The lowest BCUT2D eigenvalue weighted by molar-refractivity contribution is -0.122. The first-order chi connectivity index (χ1) is 9.36. The number of amides is 1. The van der Waals surface area contributed by atoms with E-state index in [1.807, 2.05) is 0 Å². The predicted molar refractivity (Wildman–Crippen MR) is 86.6 cm³/mol. The van der Waals surface area contributed by atoms with Gasteiger partial charge in [-0.1, -0.05) is 13.8 Å². The van der Waals surface area contributed by atoms with Crippen molar-refractivity contribution in [1.29, 1.82) is 0 Å². The molecule has 0 aromatic rings. The highest BCUT2D eigenvalue weighted by Crippen LogP contribution is 2.13. The molecular formula is C16H35N3O. The number of nitrogens with one attached hydrogen (secondary N) is 1. The fourth-order valence-electron chi connectivity index (χ4n) is 2.24. The van der Waals surface area contributed by atoms with E-state index in [-0.39, 0.29) is 5.91 Å². The van der Waals surface area contributed by atoms with E-state index in [2.05, 4.69) is 45.0 Å². The molecule has 0 aromatic heterocycles. The molecule has 0 aliphatic heterocycles. The predicted octanol–water partition coefficient (Wildman–Crippen LogP) is 2.23. The number of rotatable bonds is 11. The summed E-state index contributed by atoms with van der Waals surface area (Å²) in [5.41, 5.74) is 5.72. The minimum Gasteiger partial charge on any atom is -0.356 e. The molecule has 0 spiro atoms. The van der Waals surface area contributed by atoms with Gasteiger partial charge < -0.3 is 16.0 Å². The molecule has 3 N–H and O–H groups in total. The zero-order chi connectivity index (χ0) is 15.5. The first kappa shape index (κ1) is 19.4. The molecule has 0 heterocycles. The molecule has 0 radical (unpaired) electrons. The summed E-state index contributed by atoms with van der Waals surface area (Å²) in [5.74, 6) is 1.07. The molecule has 4 nitrogen and oxygen atoms in total. The van der Waals surface area contributed by atoms with Gasteiger partial charge in [0.05, 0.1) is 0 Å². The smallest absolute Gasteiger partial charge is 0.220 e. The number of hydrogen-bond donors (Lipinski definition) is 2. The lowest BCUT2D eigenvalue weighted by atomic mass is 9.94. The van der Waals surface area contributed by atoms with Crippen molar-refractivity contribution in [3.8, 4) is 0 Å².